The predicted octanol–water partition coefficient (Wildman–Crippen LogP) is 8.18. The number of ether oxygens (including phenoxy) is 13. The maximum atomic E-state index is 14.1. The smallest absolute Gasteiger partial charge is 0.305 e. The summed E-state index contributed by atoms with van der Waals surface area (Å²) in [5.41, 5.74) is 4.16. The van der Waals surface area contributed by atoms with Crippen LogP contribution in [0.25, 0.3) is 22.3 Å². The van der Waals surface area contributed by atoms with Gasteiger partial charge < -0.3 is 118 Å². The maximum Gasteiger partial charge on any atom is 0.305 e. The second kappa shape index (κ2) is 42.6. The van der Waals surface area contributed by atoms with Gasteiger partial charge in [-0.3, -0.25) is 43.2 Å². The molecule has 107 heavy (non-hydrogen) atoms. The van der Waals surface area contributed by atoms with Crippen molar-refractivity contribution in [1.82, 2.24) is 10.6 Å². The van der Waals surface area contributed by atoms with Gasteiger partial charge in [0.1, 0.15) is 110 Å². The fourth-order valence-electron chi connectivity index (χ4n) is 11.4. The number of carbonyl (C=O) groups excluding carboxylic acids is 9. The van der Waals surface area contributed by atoms with Crippen molar-refractivity contribution in [2.75, 3.05) is 39.5 Å². The monoisotopic (exact) mass is 1700 g/mol. The highest BCUT2D eigenvalue weighted by Gasteiger charge is 2.52. The van der Waals surface area contributed by atoms with E-state index in [1.165, 1.54) is 79.7 Å². The second-order valence-electron chi connectivity index (χ2n) is 25.1. The third-order valence-electron chi connectivity index (χ3n) is 16.6. The number of nitrogens with one attached hydrogen (secondary N) is 2. The summed E-state index contributed by atoms with van der Waals surface area (Å²) in [4.78, 5) is 103. The van der Waals surface area contributed by atoms with Crippen LogP contribution in [0.5, 0.6) is 11.5 Å². The van der Waals surface area contributed by atoms with Crippen molar-refractivity contribution in [3.05, 3.63) is 108 Å². The lowest BCUT2D eigenvalue weighted by atomic mass is 9.90. The number of rotatable bonds is 23. The Bertz CT molecular complexity index is 3780. The van der Waals surface area contributed by atoms with Gasteiger partial charge in [-0.2, -0.15) is 0 Å². The number of hydrogen-bond acceptors (Lipinski definition) is 31. The van der Waals surface area contributed by atoms with Gasteiger partial charge in [-0.05, 0) is 94.8 Å². The van der Waals surface area contributed by atoms with E-state index in [9.17, 15) is 72.4 Å². The summed E-state index contributed by atoms with van der Waals surface area (Å²) in [5, 5.41) is 89.5. The van der Waals surface area contributed by atoms with E-state index in [1.54, 1.807) is 74.5 Å². The van der Waals surface area contributed by atoms with Gasteiger partial charge in [-0.1, -0.05) is 50.2 Å². The largest absolute Gasteiger partial charge is 0.463 e. The number of benzene rings is 4. The molecule has 0 spiro atoms. The zero-order chi connectivity index (χ0) is 140. The van der Waals surface area contributed by atoms with Crippen molar-refractivity contribution in [3.8, 4) is 33.8 Å². The number of esters is 7. The Labute approximate surface area is 706 Å². The molecule has 2 unspecified atom stereocenters. The SMILES string of the molecule is CC(=O)NCCc1ccc(O[C@@H]2O[C@@H](CO)[C@H](O)[C@@H](O)[C@H]2O)cc1-c1cccc(F)c1.CC(=O)NCCc1ccc(O[C@@H]2O[C@@H](COC(C)=O)[C@H](C)[C@@H](OC(C)=O)[C@H]2OC(C)=O)cc1-c1cccc(F)c1.CC(=O)OC[C@@H]1OC(OC(C)=O)[C@H](OC(C)=O)[C@H](OC(C)=O)[C@H]1C.OC[C@@H]1OC(O)[C@H](O)[C@H](O)[C@H]1O.[3H][3H].[3H][3H].[3H][3H].[3H][3H].[3H][3H].[3H][3H].[3H][3H].[3H][3H].[3H][3H].[3H][3H].[3H][3H].[3H][3H].[3H][3H].[3H][3H].[3H][3H].[3H][3H].[3H][3H].[3H][3H].[3H][3H].[3H][3H].[3H][3H].[3H][3H].[3H][3H].[3H][3H].[3H][3H].[3H][3H].[3H][3H].[3H][3H].[3H][3H].[3H][3H]. The molecule has 8 rings (SSSR count). The molecule has 33 nitrogen and oxygen atoms in total. The van der Waals surface area contributed by atoms with Gasteiger partial charge in [0.15, 0.2) is 6.29 Å². The first-order chi connectivity index (χ1) is 80.4. The van der Waals surface area contributed by atoms with E-state index >= 15 is 0 Å². The summed E-state index contributed by atoms with van der Waals surface area (Å²) in [7, 11) is 0. The van der Waals surface area contributed by atoms with Crippen LogP contribution in [0.4, 0.5) is 8.78 Å². The van der Waals surface area contributed by atoms with E-state index in [-0.39, 0.29) is 30.8 Å². The van der Waals surface area contributed by atoms with E-state index in [4.69, 9.17) is 171 Å². The molecule has 0 saturated carbocycles. The zero-order valence-electron chi connectivity index (χ0n) is 121. The molecule has 4 saturated heterocycles. The van der Waals surface area contributed by atoms with Gasteiger partial charge in [-0.15, -0.1) is 0 Å². The number of amides is 2. The molecule has 4 heterocycles. The first-order valence-corrected chi connectivity index (χ1v) is 33.8. The first-order valence-electron chi connectivity index (χ1n) is 63.8. The van der Waals surface area contributed by atoms with Gasteiger partial charge in [0.25, 0.3) is 0 Å². The summed E-state index contributed by atoms with van der Waals surface area (Å²) in [6, 6.07) is 22.2. The Morgan fingerprint density at radius 1 is 0.421 bits per heavy atom. The summed E-state index contributed by atoms with van der Waals surface area (Å²) in [6.07, 6.45) is -21.2. The van der Waals surface area contributed by atoms with E-state index < -0.39 is 189 Å². The molecule has 0 aliphatic carbocycles. The van der Waals surface area contributed by atoms with Crippen molar-refractivity contribution in [1.29, 1.82) is 0 Å². The fourth-order valence-corrected chi connectivity index (χ4v) is 11.4. The number of aliphatic hydroxyl groups is 9. The van der Waals surface area contributed by atoms with E-state index in [2.05, 4.69) is 15.4 Å². The predicted molar refractivity (Wildman–Crippen MR) is 426 cm³/mol. The van der Waals surface area contributed by atoms with Crippen LogP contribution in [0.15, 0.2) is 84.9 Å². The molecule has 4 fully saturated rings. The van der Waals surface area contributed by atoms with Crippen LogP contribution in [0.1, 0.15) is 176 Å². The normalized spacial score (nSPS) is 30.1. The molecule has 652 valence electrons. The van der Waals surface area contributed by atoms with Gasteiger partial charge >= 0.3 is 41.8 Å². The molecule has 4 aromatic rings. The highest BCUT2D eigenvalue weighted by molar-refractivity contribution is 5.75. The first kappa shape index (κ1) is 53.0. The Hall–Kier alpha value is -8.95. The number of halogens is 2. The Balaban J connectivity index is -0.0000000588. The van der Waals surface area contributed by atoms with Crippen LogP contribution in [0.3, 0.4) is 0 Å². The summed E-state index contributed by atoms with van der Waals surface area (Å²) >= 11 is 0. The quantitative estimate of drug-likeness (QED) is 0.0246. The summed E-state index contributed by atoms with van der Waals surface area (Å²) < 4.78 is 398. The third-order valence-corrected chi connectivity index (χ3v) is 16.6. The van der Waals surface area contributed by atoms with Crippen LogP contribution in [-0.2, 0) is 108 Å². The molecule has 4 aromatic carbocycles. The average molecular weight is 1700 g/mol. The lowest BCUT2D eigenvalue weighted by molar-refractivity contribution is -0.286. The molecule has 0 radical (unpaired) electrons. The van der Waals surface area contributed by atoms with Gasteiger partial charge in [0.05, 0.1) is 13.2 Å². The molecular formula is C72H154F2N2O31. The van der Waals surface area contributed by atoms with E-state index in [0.717, 1.165) is 18.1 Å². The highest BCUT2D eigenvalue weighted by Crippen LogP contribution is 2.37. The Morgan fingerprint density at radius 3 is 1.17 bits per heavy atom. The minimum absolute atomic E-state index is 0.126. The van der Waals surface area contributed by atoms with Gasteiger partial charge in [0.2, 0.25) is 42.9 Å². The summed E-state index contributed by atoms with van der Waals surface area (Å²) in [5.74, 6) is -5.78. The van der Waals surface area contributed by atoms with E-state index in [1.807, 2.05) is 0 Å². The van der Waals surface area contributed by atoms with Crippen molar-refractivity contribution >= 4 is 53.6 Å². The maximum absolute atomic E-state index is 14.1. The number of aliphatic hydroxyl groups excluding tert-OH is 9. The third kappa shape index (κ3) is 27.3. The van der Waals surface area contributed by atoms with Crippen LogP contribution in [0, 0.1) is 23.5 Å². The molecule has 20 atom stereocenters. The minimum atomic E-state index is -1.57. The molecule has 0 aromatic heterocycles. The Kier molecular flexibility index (Phi) is 21.1. The fraction of sp³-hybridized carbons (Fsp3) is 0.542. The topological polar surface area (TPSA) is 480 Å². The lowest BCUT2D eigenvalue weighted by Gasteiger charge is -2.43. The highest BCUT2D eigenvalue weighted by atomic mass is 19.1. The summed E-state index contributed by atoms with van der Waals surface area (Å²) in [6.45, 7) is 14.1. The molecule has 0 bridgehead atoms. The average Bonchev–Trinajstić information content (AvgIpc) is 0.789. The van der Waals surface area contributed by atoms with Crippen molar-refractivity contribution < 1.29 is 249 Å². The van der Waals surface area contributed by atoms with Crippen LogP contribution >= 0.6 is 0 Å². The van der Waals surface area contributed by atoms with E-state index in [0.29, 0.717) is 53.9 Å². The molecule has 35 heteroatoms. The van der Waals surface area contributed by atoms with Crippen LogP contribution < -0.4 is 20.1 Å². The Morgan fingerprint density at radius 2 is 0.785 bits per heavy atom. The number of hydrogen-bond donors (Lipinski definition) is 11. The van der Waals surface area contributed by atoms with Crippen molar-refractivity contribution in [3.63, 3.8) is 0 Å². The molecule has 2 amide bonds. The van der Waals surface area contributed by atoms with Crippen LogP contribution in [-0.4, -0.2) is 250 Å². The van der Waals surface area contributed by atoms with Crippen molar-refractivity contribution in [2.24, 2.45) is 11.8 Å². The molecule has 4 aliphatic heterocycles. The zero-order valence-corrected chi connectivity index (χ0v) is 60.5. The molecule has 11 N–H and O–H groups in total. The molecule has 4 aliphatic rings. The minimum Gasteiger partial charge on any atom is -0.463 e. The van der Waals surface area contributed by atoms with Crippen LogP contribution in [0.2, 0.25) is 0 Å². The van der Waals surface area contributed by atoms with Crippen molar-refractivity contribution in [2.45, 2.75) is 200 Å². The van der Waals surface area contributed by atoms with Gasteiger partial charge in [-0.25, -0.2) is 8.78 Å². The standard InChI is InChI=1S/C29H34FNO9.C22H26FNO7.C15H22O9.C6H12O6.30H2/c1-16-26(15-36-18(3)33)40-29(28(38-20(5)35)27(16)37-19(4)34)39-24-10-9-21(11-12-31-17(2)32)25(14-24)22-7-6-8-23(30)13-22;1-12(26)24-8-7-13-5-6-16(10-17(13)14-3-2-4-15(23)9-14)30-22-21(29)20(28)19(27)18(11-25)31-22;1-7-12(6-20-8(2)16)24-15(23-11(5)19)14(22-10(4)18)13(7)21-9(3)17;7-1-2-3(8)4(9)5(10)6(11)12-2;;;;;;;;;;;;;;;;;;;;;;;;;;;;;;/h6-10,13-14,16,26-29H,11-12,15H2,1-5H3,(H,31,32);2-6,9-10,18-22,25,27-29H,7-8,11H2,1H3,(H,24,26);7,12-15H,6H2,1-5H3;2-11H,1H2;30*1H/t16-,26-,27+,28+,29+;18-,19-,20+,21+,22+;7-,12-,13+,14+,15?;2-,3-,4+,5+,6?;;;;;;;;;;;;;;;;;;;;;;;;;;;;;;/m0000............................../s1/i;;;;30*1+2T. The molecular weight excluding hydrogens is 1430 g/mol. The lowest BCUT2D eigenvalue weighted by Crippen LogP contribution is -2.60. The number of carbonyl (C=O) groups is 9. The second-order valence-corrected chi connectivity index (χ2v) is 25.1. The van der Waals surface area contributed by atoms with Gasteiger partial charge in [0, 0.05) is 176 Å².